The zero-order valence-electron chi connectivity index (χ0n) is 13.6. The summed E-state index contributed by atoms with van der Waals surface area (Å²) in [5.74, 6) is 0.825. The van der Waals surface area contributed by atoms with Crippen LogP contribution >= 0.6 is 0 Å². The van der Waals surface area contributed by atoms with Crippen molar-refractivity contribution in [2.45, 2.75) is 58.9 Å². The monoisotopic (exact) mass is 283 g/mol. The van der Waals surface area contributed by atoms with Crippen molar-refractivity contribution in [1.82, 2.24) is 15.5 Å². The molecule has 1 rings (SSSR count). The van der Waals surface area contributed by atoms with Crippen molar-refractivity contribution >= 4 is 5.91 Å². The number of amides is 1. The van der Waals surface area contributed by atoms with Crippen LogP contribution in [0.15, 0.2) is 0 Å². The first-order valence-corrected chi connectivity index (χ1v) is 8.38. The molecule has 2 N–H and O–H groups in total. The summed E-state index contributed by atoms with van der Waals surface area (Å²) >= 11 is 0. The van der Waals surface area contributed by atoms with E-state index in [4.69, 9.17) is 0 Å². The number of nitrogens with one attached hydrogen (secondary N) is 2. The molecule has 1 amide bonds. The SMILES string of the molecule is CCN(CC)CCCC(C)NC(=O)CC1CCNCC1. The highest BCUT2D eigenvalue weighted by atomic mass is 16.1. The summed E-state index contributed by atoms with van der Waals surface area (Å²) in [7, 11) is 0. The minimum Gasteiger partial charge on any atom is -0.354 e. The molecular weight excluding hydrogens is 250 g/mol. The second kappa shape index (κ2) is 10.2. The molecule has 0 bridgehead atoms. The lowest BCUT2D eigenvalue weighted by molar-refractivity contribution is -0.122. The molecule has 0 aromatic heterocycles. The summed E-state index contributed by atoms with van der Waals surface area (Å²) < 4.78 is 0. The Kier molecular flexibility index (Phi) is 8.86. The van der Waals surface area contributed by atoms with E-state index in [1.807, 2.05) is 0 Å². The maximum atomic E-state index is 12.0. The van der Waals surface area contributed by atoms with E-state index < -0.39 is 0 Å². The number of carbonyl (C=O) groups excluding carboxylic acids is 1. The third-order valence-corrected chi connectivity index (χ3v) is 4.35. The van der Waals surface area contributed by atoms with Crippen LogP contribution in [0.5, 0.6) is 0 Å². The zero-order chi connectivity index (χ0) is 14.8. The van der Waals surface area contributed by atoms with Crippen LogP contribution < -0.4 is 10.6 Å². The molecule has 1 unspecified atom stereocenters. The predicted molar refractivity (Wildman–Crippen MR) is 84.8 cm³/mol. The third-order valence-electron chi connectivity index (χ3n) is 4.35. The fraction of sp³-hybridized carbons (Fsp3) is 0.938. The van der Waals surface area contributed by atoms with Gasteiger partial charge in [-0.3, -0.25) is 4.79 Å². The van der Waals surface area contributed by atoms with E-state index in [0.717, 1.165) is 58.4 Å². The molecule has 1 atom stereocenters. The van der Waals surface area contributed by atoms with Crippen molar-refractivity contribution in [2.24, 2.45) is 5.92 Å². The number of rotatable bonds is 9. The number of hydrogen-bond acceptors (Lipinski definition) is 3. The first-order valence-electron chi connectivity index (χ1n) is 8.38. The average molecular weight is 283 g/mol. The summed E-state index contributed by atoms with van der Waals surface area (Å²) in [6.45, 7) is 12.0. The van der Waals surface area contributed by atoms with Crippen molar-refractivity contribution in [3.05, 3.63) is 0 Å². The van der Waals surface area contributed by atoms with E-state index in [1.54, 1.807) is 0 Å². The number of carbonyl (C=O) groups is 1. The van der Waals surface area contributed by atoms with E-state index >= 15 is 0 Å². The second-order valence-corrected chi connectivity index (χ2v) is 6.04. The van der Waals surface area contributed by atoms with E-state index in [2.05, 4.69) is 36.3 Å². The average Bonchev–Trinajstić information content (AvgIpc) is 2.44. The molecular formula is C16H33N3O. The van der Waals surface area contributed by atoms with Crippen LogP contribution in [0.1, 0.15) is 52.9 Å². The fourth-order valence-corrected chi connectivity index (χ4v) is 2.91. The standard InChI is InChI=1S/C16H33N3O/c1-4-19(5-2)12-6-7-14(3)18-16(20)13-15-8-10-17-11-9-15/h14-15,17H,4-13H2,1-3H3,(H,18,20). The van der Waals surface area contributed by atoms with Crippen LogP contribution in [0.3, 0.4) is 0 Å². The molecule has 1 aliphatic heterocycles. The van der Waals surface area contributed by atoms with Gasteiger partial charge in [-0.15, -0.1) is 0 Å². The fourth-order valence-electron chi connectivity index (χ4n) is 2.91. The van der Waals surface area contributed by atoms with E-state index in [0.29, 0.717) is 18.4 Å². The Bertz CT molecular complexity index is 260. The van der Waals surface area contributed by atoms with Crippen molar-refractivity contribution in [3.63, 3.8) is 0 Å². The molecule has 20 heavy (non-hydrogen) atoms. The lowest BCUT2D eigenvalue weighted by atomic mass is 9.94. The van der Waals surface area contributed by atoms with Gasteiger partial charge in [-0.2, -0.15) is 0 Å². The Hall–Kier alpha value is -0.610. The molecule has 1 fully saturated rings. The first-order chi connectivity index (χ1) is 9.65. The van der Waals surface area contributed by atoms with Gasteiger partial charge >= 0.3 is 0 Å². The topological polar surface area (TPSA) is 44.4 Å². The second-order valence-electron chi connectivity index (χ2n) is 6.04. The molecule has 118 valence electrons. The van der Waals surface area contributed by atoms with Gasteiger partial charge in [0.2, 0.25) is 5.91 Å². The molecule has 0 aliphatic carbocycles. The minimum absolute atomic E-state index is 0.243. The maximum Gasteiger partial charge on any atom is 0.220 e. The summed E-state index contributed by atoms with van der Waals surface area (Å²) in [6.07, 6.45) is 5.24. The van der Waals surface area contributed by atoms with Crippen molar-refractivity contribution in [1.29, 1.82) is 0 Å². The Morgan fingerprint density at radius 3 is 2.55 bits per heavy atom. The number of hydrogen-bond donors (Lipinski definition) is 2. The highest BCUT2D eigenvalue weighted by Crippen LogP contribution is 2.15. The Balaban J connectivity index is 2.11. The van der Waals surface area contributed by atoms with Gasteiger partial charge in [0.05, 0.1) is 0 Å². The summed E-state index contributed by atoms with van der Waals surface area (Å²) in [4.78, 5) is 14.4. The normalized spacial score (nSPS) is 18.2. The zero-order valence-corrected chi connectivity index (χ0v) is 13.6. The molecule has 0 aromatic carbocycles. The molecule has 4 nitrogen and oxygen atoms in total. The van der Waals surface area contributed by atoms with Crippen LogP contribution in [-0.2, 0) is 4.79 Å². The van der Waals surface area contributed by atoms with Gasteiger partial charge in [0, 0.05) is 12.5 Å². The van der Waals surface area contributed by atoms with Crippen LogP contribution in [0.4, 0.5) is 0 Å². The van der Waals surface area contributed by atoms with Crippen LogP contribution in [-0.4, -0.2) is 49.6 Å². The van der Waals surface area contributed by atoms with Crippen molar-refractivity contribution in [2.75, 3.05) is 32.7 Å². The van der Waals surface area contributed by atoms with E-state index in [9.17, 15) is 4.79 Å². The molecule has 0 saturated carbocycles. The number of piperidine rings is 1. The molecule has 1 aliphatic rings. The van der Waals surface area contributed by atoms with E-state index in [-0.39, 0.29) is 5.91 Å². The molecule has 1 heterocycles. The van der Waals surface area contributed by atoms with Gasteiger partial charge in [0.25, 0.3) is 0 Å². The van der Waals surface area contributed by atoms with Gasteiger partial charge in [-0.25, -0.2) is 0 Å². The van der Waals surface area contributed by atoms with Crippen molar-refractivity contribution < 1.29 is 4.79 Å². The molecule has 0 aromatic rings. The summed E-state index contributed by atoms with van der Waals surface area (Å²) in [6, 6.07) is 0.305. The highest BCUT2D eigenvalue weighted by Gasteiger charge is 2.17. The molecule has 0 spiro atoms. The van der Waals surface area contributed by atoms with Gasteiger partial charge in [-0.1, -0.05) is 13.8 Å². The lowest BCUT2D eigenvalue weighted by Gasteiger charge is -2.23. The Morgan fingerprint density at radius 2 is 1.95 bits per heavy atom. The smallest absolute Gasteiger partial charge is 0.220 e. The predicted octanol–water partition coefficient (Wildman–Crippen LogP) is 2.00. The van der Waals surface area contributed by atoms with Gasteiger partial charge < -0.3 is 15.5 Å². The highest BCUT2D eigenvalue weighted by molar-refractivity contribution is 5.76. The number of nitrogens with zero attached hydrogens (tertiary/aromatic N) is 1. The lowest BCUT2D eigenvalue weighted by Crippen LogP contribution is -2.36. The van der Waals surface area contributed by atoms with Gasteiger partial charge in [0.15, 0.2) is 0 Å². The van der Waals surface area contributed by atoms with Crippen LogP contribution in [0.25, 0.3) is 0 Å². The Labute approximate surface area is 124 Å². The molecule has 1 saturated heterocycles. The largest absolute Gasteiger partial charge is 0.354 e. The minimum atomic E-state index is 0.243. The van der Waals surface area contributed by atoms with E-state index in [1.165, 1.54) is 0 Å². The first kappa shape index (κ1) is 17.4. The van der Waals surface area contributed by atoms with Crippen LogP contribution in [0, 0.1) is 5.92 Å². The quantitative estimate of drug-likeness (QED) is 0.680. The molecule has 4 heteroatoms. The third kappa shape index (κ3) is 7.25. The molecule has 0 radical (unpaired) electrons. The summed E-state index contributed by atoms with van der Waals surface area (Å²) in [5, 5.41) is 6.50. The maximum absolute atomic E-state index is 12.0. The van der Waals surface area contributed by atoms with Crippen LogP contribution in [0.2, 0.25) is 0 Å². The van der Waals surface area contributed by atoms with Gasteiger partial charge in [0.1, 0.15) is 0 Å². The van der Waals surface area contributed by atoms with Gasteiger partial charge in [-0.05, 0) is 71.2 Å². The summed E-state index contributed by atoms with van der Waals surface area (Å²) in [5.41, 5.74) is 0. The van der Waals surface area contributed by atoms with Crippen molar-refractivity contribution in [3.8, 4) is 0 Å². The Morgan fingerprint density at radius 1 is 1.30 bits per heavy atom.